The number of aliphatic imine (C=N–C) groups is 1. The molecule has 1 aliphatic carbocycles. The van der Waals surface area contributed by atoms with Crippen molar-refractivity contribution in [2.75, 3.05) is 40.8 Å². The smallest absolute Gasteiger partial charge is 0.191 e. The van der Waals surface area contributed by atoms with Gasteiger partial charge in [0.1, 0.15) is 12.4 Å². The largest absolute Gasteiger partial charge is 0.492 e. The van der Waals surface area contributed by atoms with E-state index >= 15 is 0 Å². The van der Waals surface area contributed by atoms with Crippen LogP contribution >= 0.6 is 0 Å². The quantitative estimate of drug-likeness (QED) is 0.533. The van der Waals surface area contributed by atoms with Gasteiger partial charge in [-0.15, -0.1) is 0 Å². The van der Waals surface area contributed by atoms with Crippen molar-refractivity contribution < 1.29 is 4.74 Å². The molecule has 1 saturated carbocycles. The van der Waals surface area contributed by atoms with Crippen molar-refractivity contribution in [3.05, 3.63) is 29.8 Å². The highest BCUT2D eigenvalue weighted by Gasteiger charge is 2.34. The molecule has 140 valence electrons. The predicted octanol–water partition coefficient (Wildman–Crippen LogP) is 2.87. The van der Waals surface area contributed by atoms with Gasteiger partial charge in [-0.2, -0.15) is 0 Å². The Kier molecular flexibility index (Phi) is 7.56. The molecule has 25 heavy (non-hydrogen) atoms. The molecule has 0 saturated heterocycles. The number of hydrogen-bond acceptors (Lipinski definition) is 3. The normalized spacial score (nSPS) is 16.4. The first-order valence-corrected chi connectivity index (χ1v) is 9.38. The zero-order chi connectivity index (χ0) is 18.1. The van der Waals surface area contributed by atoms with Gasteiger partial charge < -0.3 is 20.3 Å². The van der Waals surface area contributed by atoms with Gasteiger partial charge in [0.2, 0.25) is 0 Å². The monoisotopic (exact) mass is 346 g/mol. The van der Waals surface area contributed by atoms with Crippen LogP contribution in [0.3, 0.4) is 0 Å². The molecule has 0 aliphatic heterocycles. The Morgan fingerprint density at radius 3 is 2.68 bits per heavy atom. The van der Waals surface area contributed by atoms with Gasteiger partial charge in [0.15, 0.2) is 5.96 Å². The zero-order valence-corrected chi connectivity index (χ0v) is 16.3. The maximum absolute atomic E-state index is 5.80. The Balaban J connectivity index is 1.78. The molecule has 5 heteroatoms. The van der Waals surface area contributed by atoms with Gasteiger partial charge in [-0.25, -0.2) is 0 Å². The van der Waals surface area contributed by atoms with Crippen molar-refractivity contribution >= 4 is 5.96 Å². The number of benzene rings is 1. The highest BCUT2D eigenvalue weighted by atomic mass is 16.5. The molecule has 1 fully saturated rings. The third kappa shape index (κ3) is 6.24. The SMILES string of the molecule is CCC1(CNC(=NC)NCc2cccc(OCCN(C)C)c2)CCC1. The van der Waals surface area contributed by atoms with Gasteiger partial charge >= 0.3 is 0 Å². The second-order valence-electron chi connectivity index (χ2n) is 7.29. The molecule has 0 bridgehead atoms. The van der Waals surface area contributed by atoms with Crippen molar-refractivity contribution in [1.82, 2.24) is 15.5 Å². The molecule has 0 unspecified atom stereocenters. The zero-order valence-electron chi connectivity index (χ0n) is 16.3. The second kappa shape index (κ2) is 9.66. The van der Waals surface area contributed by atoms with Gasteiger partial charge in [-0.3, -0.25) is 4.99 Å². The topological polar surface area (TPSA) is 48.9 Å². The number of nitrogens with zero attached hydrogens (tertiary/aromatic N) is 2. The van der Waals surface area contributed by atoms with Crippen LogP contribution in [0.15, 0.2) is 29.3 Å². The minimum absolute atomic E-state index is 0.484. The summed E-state index contributed by atoms with van der Waals surface area (Å²) in [4.78, 5) is 6.47. The first-order chi connectivity index (χ1) is 12.1. The lowest BCUT2D eigenvalue weighted by molar-refractivity contribution is 0.131. The number of ether oxygens (including phenoxy) is 1. The Morgan fingerprint density at radius 1 is 1.28 bits per heavy atom. The maximum atomic E-state index is 5.80. The summed E-state index contributed by atoms with van der Waals surface area (Å²) in [5.41, 5.74) is 1.68. The summed E-state index contributed by atoms with van der Waals surface area (Å²) in [6, 6.07) is 8.25. The van der Waals surface area contributed by atoms with E-state index < -0.39 is 0 Å². The summed E-state index contributed by atoms with van der Waals surface area (Å²) in [7, 11) is 5.93. The van der Waals surface area contributed by atoms with Crippen LogP contribution in [0.2, 0.25) is 0 Å². The molecule has 1 aliphatic rings. The van der Waals surface area contributed by atoms with Gasteiger partial charge in [-0.05, 0) is 56.5 Å². The molecule has 5 nitrogen and oxygen atoms in total. The number of nitrogens with one attached hydrogen (secondary N) is 2. The molecule has 0 atom stereocenters. The summed E-state index contributed by atoms with van der Waals surface area (Å²) in [5.74, 6) is 1.79. The molecule has 0 spiro atoms. The Labute approximate surface area is 152 Å². The van der Waals surface area contributed by atoms with Gasteiger partial charge in [0.05, 0.1) is 0 Å². The summed E-state index contributed by atoms with van der Waals surface area (Å²) < 4.78 is 5.80. The lowest BCUT2D eigenvalue weighted by atomic mass is 9.67. The third-order valence-electron chi connectivity index (χ3n) is 5.18. The lowest BCUT2D eigenvalue weighted by Gasteiger charge is -2.41. The van der Waals surface area contributed by atoms with Crippen molar-refractivity contribution in [3.8, 4) is 5.75 Å². The average Bonchev–Trinajstić information content (AvgIpc) is 2.57. The molecule has 1 aromatic carbocycles. The van der Waals surface area contributed by atoms with Crippen LogP contribution in [-0.2, 0) is 6.54 Å². The first-order valence-electron chi connectivity index (χ1n) is 9.38. The van der Waals surface area contributed by atoms with Gasteiger partial charge in [0, 0.05) is 26.7 Å². The van der Waals surface area contributed by atoms with Crippen molar-refractivity contribution in [1.29, 1.82) is 0 Å². The summed E-state index contributed by atoms with van der Waals surface area (Å²) in [6.45, 7) is 5.66. The van der Waals surface area contributed by atoms with Crippen LogP contribution in [0, 0.1) is 5.41 Å². The average molecular weight is 347 g/mol. The molecule has 0 heterocycles. The molecular weight excluding hydrogens is 312 g/mol. The van der Waals surface area contributed by atoms with E-state index in [1.54, 1.807) is 0 Å². The van der Waals surface area contributed by atoms with Crippen molar-refractivity contribution in [3.63, 3.8) is 0 Å². The van der Waals surface area contributed by atoms with Crippen LogP contribution in [-0.4, -0.2) is 51.7 Å². The number of guanidine groups is 1. The standard InChI is InChI=1S/C20H34N4O/c1-5-20(10-7-11-20)16-23-19(21-2)22-15-17-8-6-9-18(14-17)25-13-12-24(3)4/h6,8-9,14H,5,7,10-13,15-16H2,1-4H3,(H2,21,22,23). The fourth-order valence-electron chi connectivity index (χ4n) is 3.10. The molecule has 0 radical (unpaired) electrons. The molecular formula is C20H34N4O. The highest BCUT2D eigenvalue weighted by molar-refractivity contribution is 5.79. The first kappa shape index (κ1) is 19.6. The van der Waals surface area contributed by atoms with Crippen molar-refractivity contribution in [2.24, 2.45) is 10.4 Å². The second-order valence-corrected chi connectivity index (χ2v) is 7.29. The van der Waals surface area contributed by atoms with Crippen molar-refractivity contribution in [2.45, 2.75) is 39.2 Å². The summed E-state index contributed by atoms with van der Waals surface area (Å²) >= 11 is 0. The van der Waals surface area contributed by atoms with Crippen LogP contribution in [0.25, 0.3) is 0 Å². The van der Waals surface area contributed by atoms with Crippen LogP contribution < -0.4 is 15.4 Å². The van der Waals surface area contributed by atoms with E-state index in [9.17, 15) is 0 Å². The van der Waals surface area contributed by atoms with Gasteiger partial charge in [0.25, 0.3) is 0 Å². The van der Waals surface area contributed by atoms with Crippen LogP contribution in [0.4, 0.5) is 0 Å². The molecule has 2 rings (SSSR count). The number of likely N-dealkylation sites (N-methyl/N-ethyl adjacent to an activating group) is 1. The Morgan fingerprint density at radius 2 is 2.08 bits per heavy atom. The van der Waals surface area contributed by atoms with Gasteiger partial charge in [-0.1, -0.05) is 25.5 Å². The van der Waals surface area contributed by atoms with E-state index in [2.05, 4.69) is 53.7 Å². The molecule has 2 N–H and O–H groups in total. The minimum atomic E-state index is 0.484. The lowest BCUT2D eigenvalue weighted by Crippen LogP contribution is -2.46. The summed E-state index contributed by atoms with van der Waals surface area (Å²) in [5, 5.41) is 6.90. The predicted molar refractivity (Wildman–Crippen MR) is 105 cm³/mol. The van der Waals surface area contributed by atoms with E-state index in [0.717, 1.165) is 31.3 Å². The maximum Gasteiger partial charge on any atom is 0.191 e. The van der Waals surface area contributed by atoms with Crippen LogP contribution in [0.1, 0.15) is 38.2 Å². The highest BCUT2D eigenvalue weighted by Crippen LogP contribution is 2.42. The number of hydrogen-bond donors (Lipinski definition) is 2. The van der Waals surface area contributed by atoms with E-state index in [0.29, 0.717) is 12.0 Å². The minimum Gasteiger partial charge on any atom is -0.492 e. The molecule has 1 aromatic rings. The fourth-order valence-corrected chi connectivity index (χ4v) is 3.10. The van der Waals surface area contributed by atoms with E-state index in [4.69, 9.17) is 4.74 Å². The number of rotatable bonds is 9. The summed E-state index contributed by atoms with van der Waals surface area (Å²) in [6.07, 6.45) is 5.27. The van der Waals surface area contributed by atoms with E-state index in [-0.39, 0.29) is 0 Å². The Bertz CT molecular complexity index is 547. The molecule has 0 aromatic heterocycles. The van der Waals surface area contributed by atoms with Crippen LogP contribution in [0.5, 0.6) is 5.75 Å². The third-order valence-corrected chi connectivity index (χ3v) is 5.18. The van der Waals surface area contributed by atoms with E-state index in [1.165, 1.54) is 31.2 Å². The Hall–Kier alpha value is -1.75. The van der Waals surface area contributed by atoms with E-state index in [1.807, 2.05) is 19.2 Å². The molecule has 0 amide bonds. The fraction of sp³-hybridized carbons (Fsp3) is 0.650.